The van der Waals surface area contributed by atoms with Gasteiger partial charge in [0.15, 0.2) is 0 Å². The third-order valence-corrected chi connectivity index (χ3v) is 5.97. The van der Waals surface area contributed by atoms with Crippen LogP contribution in [0.15, 0.2) is 48.5 Å². The Hall–Kier alpha value is -2.84. The number of hydrogen-bond donors (Lipinski definition) is 1. The Labute approximate surface area is 175 Å². The molecule has 2 amide bonds. The fourth-order valence-electron chi connectivity index (χ4n) is 3.27. The average Bonchev–Trinajstić information content (AvgIpc) is 3.37. The first kappa shape index (κ1) is 19.5. The van der Waals surface area contributed by atoms with Gasteiger partial charge in [0.2, 0.25) is 5.01 Å². The minimum Gasteiger partial charge on any atom is -0.329 e. The van der Waals surface area contributed by atoms with Crippen molar-refractivity contribution in [3.63, 3.8) is 0 Å². The van der Waals surface area contributed by atoms with Crippen LogP contribution in [0.5, 0.6) is 0 Å². The molecular weight excluding hydrogens is 415 g/mol. The van der Waals surface area contributed by atoms with Crippen molar-refractivity contribution in [2.45, 2.75) is 18.9 Å². The summed E-state index contributed by atoms with van der Waals surface area (Å²) in [7, 11) is 0. The van der Waals surface area contributed by atoms with Crippen molar-refractivity contribution in [3.05, 3.63) is 74.9 Å². The predicted molar refractivity (Wildman–Crippen MR) is 109 cm³/mol. The van der Waals surface area contributed by atoms with Crippen molar-refractivity contribution in [1.29, 1.82) is 0 Å². The molecule has 6 nitrogen and oxygen atoms in total. The summed E-state index contributed by atoms with van der Waals surface area (Å²) in [6.45, 7) is 0.582. The maximum Gasteiger partial charge on any atom is 0.286 e. The lowest BCUT2D eigenvalue weighted by Crippen LogP contribution is -2.30. The predicted octanol–water partition coefficient (Wildman–Crippen LogP) is 4.56. The van der Waals surface area contributed by atoms with Gasteiger partial charge in [-0.2, -0.15) is 0 Å². The molecule has 148 valence electrons. The zero-order chi connectivity index (χ0) is 20.4. The third kappa shape index (κ3) is 4.13. The second kappa shape index (κ2) is 8.26. The van der Waals surface area contributed by atoms with Gasteiger partial charge in [-0.05, 0) is 43.2 Å². The first-order valence-corrected chi connectivity index (χ1v) is 10.2. The summed E-state index contributed by atoms with van der Waals surface area (Å²) in [6, 6.07) is 12.3. The van der Waals surface area contributed by atoms with E-state index < -0.39 is 11.7 Å². The lowest BCUT2D eigenvalue weighted by atomic mass is 10.1. The van der Waals surface area contributed by atoms with Crippen molar-refractivity contribution in [1.82, 2.24) is 15.1 Å². The van der Waals surface area contributed by atoms with Gasteiger partial charge in [-0.3, -0.25) is 9.59 Å². The molecule has 1 fully saturated rings. The number of carbonyl (C=O) groups is 2. The maximum absolute atomic E-state index is 13.3. The summed E-state index contributed by atoms with van der Waals surface area (Å²) < 4.78 is 13.3. The smallest absolute Gasteiger partial charge is 0.286 e. The van der Waals surface area contributed by atoms with E-state index in [1.807, 2.05) is 0 Å². The van der Waals surface area contributed by atoms with Gasteiger partial charge in [-0.25, -0.2) is 4.39 Å². The van der Waals surface area contributed by atoms with Crippen LogP contribution in [-0.4, -0.2) is 33.5 Å². The quantitative estimate of drug-likeness (QED) is 0.658. The topological polar surface area (TPSA) is 75.2 Å². The highest BCUT2D eigenvalue weighted by Gasteiger charge is 2.34. The van der Waals surface area contributed by atoms with E-state index >= 15 is 0 Å². The maximum atomic E-state index is 13.3. The molecule has 1 aliphatic heterocycles. The molecule has 2 heterocycles. The molecule has 2 aromatic carbocycles. The van der Waals surface area contributed by atoms with E-state index in [-0.39, 0.29) is 17.0 Å². The second-order valence-electron chi connectivity index (χ2n) is 6.55. The van der Waals surface area contributed by atoms with Crippen LogP contribution in [0, 0.1) is 5.82 Å². The molecule has 0 radical (unpaired) electrons. The number of anilines is 1. The van der Waals surface area contributed by atoms with Gasteiger partial charge in [0.05, 0.1) is 16.6 Å². The molecule has 1 aliphatic rings. The van der Waals surface area contributed by atoms with E-state index in [0.29, 0.717) is 27.8 Å². The summed E-state index contributed by atoms with van der Waals surface area (Å²) in [5, 5.41) is 11.8. The van der Waals surface area contributed by atoms with Gasteiger partial charge in [-0.1, -0.05) is 41.1 Å². The lowest BCUT2D eigenvalue weighted by Gasteiger charge is -2.23. The molecule has 1 unspecified atom stereocenters. The number of benzene rings is 2. The van der Waals surface area contributed by atoms with Gasteiger partial charge < -0.3 is 10.2 Å². The Kier molecular flexibility index (Phi) is 5.55. The molecule has 1 atom stereocenters. The molecule has 0 saturated carbocycles. The molecule has 1 N–H and O–H groups in total. The number of rotatable bonds is 4. The number of nitrogens with one attached hydrogen (secondary N) is 1. The van der Waals surface area contributed by atoms with Crippen molar-refractivity contribution in [2.75, 3.05) is 11.9 Å². The Balaban J connectivity index is 1.51. The monoisotopic (exact) mass is 430 g/mol. The van der Waals surface area contributed by atoms with Crippen molar-refractivity contribution in [2.24, 2.45) is 0 Å². The van der Waals surface area contributed by atoms with E-state index in [9.17, 15) is 14.0 Å². The highest BCUT2D eigenvalue weighted by atomic mass is 35.5. The SMILES string of the molecule is O=C(Nc1cccc(F)c1)c1nnc(C2CCCN2C(=O)c2ccccc2Cl)s1. The summed E-state index contributed by atoms with van der Waals surface area (Å²) in [5.41, 5.74) is 0.776. The van der Waals surface area contributed by atoms with E-state index in [2.05, 4.69) is 15.5 Å². The van der Waals surface area contributed by atoms with Crippen LogP contribution in [0.2, 0.25) is 5.02 Å². The minimum absolute atomic E-state index is 0.154. The van der Waals surface area contributed by atoms with Crippen LogP contribution in [0.4, 0.5) is 10.1 Å². The van der Waals surface area contributed by atoms with Crippen LogP contribution in [0.3, 0.4) is 0 Å². The van der Waals surface area contributed by atoms with Crippen LogP contribution in [0.1, 0.15) is 44.1 Å². The summed E-state index contributed by atoms with van der Waals surface area (Å²) in [6.07, 6.45) is 1.56. The van der Waals surface area contributed by atoms with E-state index in [4.69, 9.17) is 11.6 Å². The number of amides is 2. The Bertz CT molecular complexity index is 1070. The first-order valence-electron chi connectivity index (χ1n) is 8.99. The molecule has 0 bridgehead atoms. The van der Waals surface area contributed by atoms with Gasteiger partial charge in [-0.15, -0.1) is 10.2 Å². The molecule has 1 aromatic heterocycles. The summed E-state index contributed by atoms with van der Waals surface area (Å²) in [5.74, 6) is -1.08. The van der Waals surface area contributed by atoms with Gasteiger partial charge in [0.25, 0.3) is 11.8 Å². The number of nitrogens with zero attached hydrogens (tertiary/aromatic N) is 3. The normalized spacial score (nSPS) is 16.1. The third-order valence-electron chi connectivity index (χ3n) is 4.62. The highest BCUT2D eigenvalue weighted by Crippen LogP contribution is 2.35. The molecule has 9 heteroatoms. The highest BCUT2D eigenvalue weighted by molar-refractivity contribution is 7.13. The molecular formula is C20H16ClFN4O2S. The fourth-order valence-corrected chi connectivity index (χ4v) is 4.37. The van der Waals surface area contributed by atoms with Crippen LogP contribution in [-0.2, 0) is 0 Å². The molecule has 3 aromatic rings. The number of carbonyl (C=O) groups excluding carboxylic acids is 2. The van der Waals surface area contributed by atoms with Gasteiger partial charge >= 0.3 is 0 Å². The van der Waals surface area contributed by atoms with E-state index in [1.165, 1.54) is 18.2 Å². The standard InChI is InChI=1S/C20H16ClFN4O2S/c21-15-8-2-1-7-14(15)20(28)26-10-4-9-16(26)18-24-25-19(29-18)17(27)23-13-6-3-5-12(22)11-13/h1-3,5-8,11,16H,4,9-10H2,(H,23,27). The fraction of sp³-hybridized carbons (Fsp3) is 0.200. The van der Waals surface area contributed by atoms with Crippen molar-refractivity contribution < 1.29 is 14.0 Å². The van der Waals surface area contributed by atoms with Crippen molar-refractivity contribution >= 4 is 40.4 Å². The minimum atomic E-state index is -0.471. The van der Waals surface area contributed by atoms with Crippen LogP contribution >= 0.6 is 22.9 Å². The molecule has 0 aliphatic carbocycles. The van der Waals surface area contributed by atoms with Crippen LogP contribution < -0.4 is 5.32 Å². The second-order valence-corrected chi connectivity index (χ2v) is 7.96. The lowest BCUT2D eigenvalue weighted by molar-refractivity contribution is 0.0735. The van der Waals surface area contributed by atoms with Gasteiger partial charge in [0, 0.05) is 12.2 Å². The van der Waals surface area contributed by atoms with Crippen molar-refractivity contribution in [3.8, 4) is 0 Å². The zero-order valence-corrected chi connectivity index (χ0v) is 16.7. The van der Waals surface area contributed by atoms with E-state index in [1.54, 1.807) is 35.2 Å². The largest absolute Gasteiger partial charge is 0.329 e. The average molecular weight is 431 g/mol. The number of likely N-dealkylation sites (tertiary alicyclic amines) is 1. The first-order chi connectivity index (χ1) is 14.0. The number of aromatic nitrogens is 2. The Morgan fingerprint density at radius 1 is 1.17 bits per heavy atom. The summed E-state index contributed by atoms with van der Waals surface area (Å²) >= 11 is 7.30. The number of hydrogen-bond acceptors (Lipinski definition) is 5. The van der Waals surface area contributed by atoms with E-state index in [0.717, 1.165) is 24.2 Å². The molecule has 29 heavy (non-hydrogen) atoms. The molecule has 4 rings (SSSR count). The van der Waals surface area contributed by atoms with Gasteiger partial charge in [0.1, 0.15) is 10.8 Å². The Morgan fingerprint density at radius 2 is 2.00 bits per heavy atom. The molecule has 1 saturated heterocycles. The van der Waals surface area contributed by atoms with Crippen LogP contribution in [0.25, 0.3) is 0 Å². The Morgan fingerprint density at radius 3 is 2.79 bits per heavy atom. The zero-order valence-electron chi connectivity index (χ0n) is 15.1. The molecule has 0 spiro atoms. The number of halogens is 2. The summed E-state index contributed by atoms with van der Waals surface area (Å²) in [4.78, 5) is 27.1.